The lowest BCUT2D eigenvalue weighted by atomic mass is 10.1. The largest absolute Gasteiger partial charge is 0.489 e. The van der Waals surface area contributed by atoms with E-state index >= 15 is 0 Å². The molecule has 0 unspecified atom stereocenters. The Morgan fingerprint density at radius 1 is 1.15 bits per heavy atom. The molecule has 12 heteroatoms. The van der Waals surface area contributed by atoms with Crippen LogP contribution in [0.3, 0.4) is 0 Å². The SMILES string of the molecule is N#Cc1ccc(S(=O)(=O)N2C[C@H](S(=O)(=O)c3ccc(Cl)cc3)[C@](O)(CO)C2)c(OC2CC2)c1. The molecular weight excluding hydrogens is 492 g/mol. The first-order valence-electron chi connectivity index (χ1n) is 10.0. The molecule has 2 atom stereocenters. The Bertz CT molecular complexity index is 1320. The van der Waals surface area contributed by atoms with Crippen molar-refractivity contribution in [2.45, 2.75) is 39.6 Å². The second-order valence-electron chi connectivity index (χ2n) is 8.14. The Morgan fingerprint density at radius 2 is 1.82 bits per heavy atom. The second-order valence-corrected chi connectivity index (χ2v) is 12.6. The van der Waals surface area contributed by atoms with Crippen molar-refractivity contribution in [2.75, 3.05) is 19.7 Å². The molecule has 0 amide bonds. The number of nitrogens with zero attached hydrogens (tertiary/aromatic N) is 2. The summed E-state index contributed by atoms with van der Waals surface area (Å²) in [5.41, 5.74) is -2.02. The molecule has 176 valence electrons. The maximum atomic E-state index is 13.5. The van der Waals surface area contributed by atoms with Crippen LogP contribution < -0.4 is 4.74 Å². The van der Waals surface area contributed by atoms with E-state index in [0.717, 1.165) is 17.1 Å². The molecule has 0 radical (unpaired) electrons. The van der Waals surface area contributed by atoms with Crippen molar-refractivity contribution in [3.8, 4) is 11.8 Å². The van der Waals surface area contributed by atoms with E-state index in [-0.39, 0.29) is 27.2 Å². The number of hydrogen-bond donors (Lipinski definition) is 2. The van der Waals surface area contributed by atoms with Gasteiger partial charge in [0.15, 0.2) is 9.84 Å². The highest BCUT2D eigenvalue weighted by Crippen LogP contribution is 2.38. The van der Waals surface area contributed by atoms with E-state index in [2.05, 4.69) is 0 Å². The van der Waals surface area contributed by atoms with E-state index in [9.17, 15) is 27.0 Å². The third kappa shape index (κ3) is 4.47. The molecule has 33 heavy (non-hydrogen) atoms. The standard InChI is InChI=1S/C21H21ClN2O7S2/c22-15-2-6-17(7-3-15)32(27,28)20-11-24(12-21(20,26)13-25)33(29,30)19-8-1-14(10-23)9-18(19)31-16-4-5-16/h1-3,6-9,16,20,25-26H,4-5,11-13H2/t20-,21+/m0/s1. The number of sulfonamides is 1. The van der Waals surface area contributed by atoms with Crippen LogP contribution in [0.25, 0.3) is 0 Å². The summed E-state index contributed by atoms with van der Waals surface area (Å²) in [6.45, 7) is -2.17. The molecule has 2 fully saturated rings. The third-order valence-corrected chi connectivity index (χ3v) is 10.1. The Morgan fingerprint density at radius 3 is 2.39 bits per heavy atom. The molecule has 0 aromatic heterocycles. The number of aliphatic hydroxyl groups excluding tert-OH is 1. The summed E-state index contributed by atoms with van der Waals surface area (Å²) in [7, 11) is -8.56. The van der Waals surface area contributed by atoms with E-state index < -0.39 is 50.4 Å². The summed E-state index contributed by atoms with van der Waals surface area (Å²) in [5, 5.41) is 28.7. The van der Waals surface area contributed by atoms with Crippen molar-refractivity contribution >= 4 is 31.5 Å². The summed E-state index contributed by atoms with van der Waals surface area (Å²) in [4.78, 5) is -0.391. The van der Waals surface area contributed by atoms with Gasteiger partial charge in [-0.2, -0.15) is 9.57 Å². The summed E-state index contributed by atoms with van der Waals surface area (Å²) in [6, 6.07) is 11.1. The van der Waals surface area contributed by atoms with Crippen molar-refractivity contribution < 1.29 is 31.8 Å². The monoisotopic (exact) mass is 512 g/mol. The first-order chi connectivity index (χ1) is 15.5. The van der Waals surface area contributed by atoms with Gasteiger partial charge in [-0.3, -0.25) is 0 Å². The first kappa shape index (κ1) is 23.9. The minimum absolute atomic E-state index is 0.00639. The molecule has 0 bridgehead atoms. The van der Waals surface area contributed by atoms with Gasteiger partial charge in [-0.25, -0.2) is 16.8 Å². The van der Waals surface area contributed by atoms with Crippen LogP contribution in [0.1, 0.15) is 18.4 Å². The van der Waals surface area contributed by atoms with Crippen molar-refractivity contribution in [1.29, 1.82) is 5.26 Å². The number of sulfone groups is 1. The lowest BCUT2D eigenvalue weighted by molar-refractivity contribution is 0.00159. The summed E-state index contributed by atoms with van der Waals surface area (Å²) in [5.74, 6) is -0.00639. The number of benzene rings is 2. The Kier molecular flexibility index (Phi) is 6.20. The van der Waals surface area contributed by atoms with Crippen molar-refractivity contribution in [2.24, 2.45) is 0 Å². The van der Waals surface area contributed by atoms with Gasteiger partial charge in [0.1, 0.15) is 21.5 Å². The average Bonchev–Trinajstić information content (AvgIpc) is 3.52. The molecular formula is C21H21ClN2O7S2. The van der Waals surface area contributed by atoms with Gasteiger partial charge in [-0.05, 0) is 55.3 Å². The number of β-amino-alcohol motifs (C(OH)–C–C–N with tert-alkyl or cyclic N) is 1. The Labute approximate surface area is 196 Å². The quantitative estimate of drug-likeness (QED) is 0.565. The van der Waals surface area contributed by atoms with Crippen LogP contribution in [0, 0.1) is 11.3 Å². The van der Waals surface area contributed by atoms with Gasteiger partial charge in [-0.1, -0.05) is 11.6 Å². The molecule has 2 aromatic rings. The van der Waals surface area contributed by atoms with Crippen LogP contribution >= 0.6 is 11.6 Å². The number of nitriles is 1. The second kappa shape index (κ2) is 8.54. The molecule has 1 heterocycles. The maximum Gasteiger partial charge on any atom is 0.246 e. The molecule has 0 spiro atoms. The highest BCUT2D eigenvalue weighted by molar-refractivity contribution is 7.92. The predicted octanol–water partition coefficient (Wildman–Crippen LogP) is 1.32. The fourth-order valence-corrected chi connectivity index (χ4v) is 7.51. The van der Waals surface area contributed by atoms with Crippen LogP contribution in [-0.4, -0.2) is 68.0 Å². The molecule has 2 aromatic carbocycles. The lowest BCUT2D eigenvalue weighted by Crippen LogP contribution is -2.49. The van der Waals surface area contributed by atoms with E-state index in [4.69, 9.17) is 21.6 Å². The summed E-state index contributed by atoms with van der Waals surface area (Å²) >= 11 is 5.83. The van der Waals surface area contributed by atoms with Gasteiger partial charge in [0.25, 0.3) is 0 Å². The number of halogens is 1. The van der Waals surface area contributed by atoms with E-state index in [1.165, 1.54) is 42.5 Å². The number of rotatable bonds is 7. The zero-order chi connectivity index (χ0) is 24.0. The molecule has 1 saturated carbocycles. The molecule has 1 aliphatic carbocycles. The van der Waals surface area contributed by atoms with Crippen LogP contribution in [0.2, 0.25) is 5.02 Å². The van der Waals surface area contributed by atoms with E-state index in [0.29, 0.717) is 5.02 Å². The normalized spacial score (nSPS) is 23.9. The van der Waals surface area contributed by atoms with Crippen LogP contribution in [0.4, 0.5) is 0 Å². The Balaban J connectivity index is 1.72. The molecule has 2 aliphatic rings. The van der Waals surface area contributed by atoms with Gasteiger partial charge in [-0.15, -0.1) is 0 Å². The fraction of sp³-hybridized carbons (Fsp3) is 0.381. The van der Waals surface area contributed by atoms with Gasteiger partial charge in [0.2, 0.25) is 10.0 Å². The smallest absolute Gasteiger partial charge is 0.246 e. The zero-order valence-electron chi connectivity index (χ0n) is 17.3. The lowest BCUT2D eigenvalue weighted by Gasteiger charge is -2.26. The molecule has 1 aliphatic heterocycles. The minimum atomic E-state index is -4.33. The number of ether oxygens (including phenoxy) is 1. The zero-order valence-corrected chi connectivity index (χ0v) is 19.6. The molecule has 9 nitrogen and oxygen atoms in total. The van der Waals surface area contributed by atoms with Gasteiger partial charge < -0.3 is 14.9 Å². The minimum Gasteiger partial charge on any atom is -0.489 e. The van der Waals surface area contributed by atoms with Crippen molar-refractivity contribution in [1.82, 2.24) is 4.31 Å². The Hall–Kier alpha value is -2.20. The molecule has 4 rings (SSSR count). The average molecular weight is 513 g/mol. The van der Waals surface area contributed by atoms with Gasteiger partial charge in [0.05, 0.1) is 29.2 Å². The summed E-state index contributed by atoms with van der Waals surface area (Å²) in [6.07, 6.45) is 1.36. The van der Waals surface area contributed by atoms with Crippen molar-refractivity contribution in [3.63, 3.8) is 0 Å². The van der Waals surface area contributed by atoms with E-state index in [1.807, 2.05) is 6.07 Å². The van der Waals surface area contributed by atoms with Crippen molar-refractivity contribution in [3.05, 3.63) is 53.1 Å². The summed E-state index contributed by atoms with van der Waals surface area (Å²) < 4.78 is 59.9. The van der Waals surface area contributed by atoms with Crippen LogP contribution in [0.15, 0.2) is 52.3 Å². The predicted molar refractivity (Wildman–Crippen MR) is 118 cm³/mol. The maximum absolute atomic E-state index is 13.5. The van der Waals surface area contributed by atoms with Gasteiger partial charge in [0, 0.05) is 18.1 Å². The van der Waals surface area contributed by atoms with E-state index in [1.54, 1.807) is 0 Å². The third-order valence-electron chi connectivity index (χ3n) is 5.72. The number of aliphatic hydroxyl groups is 2. The first-order valence-corrected chi connectivity index (χ1v) is 13.4. The van der Waals surface area contributed by atoms with Gasteiger partial charge >= 0.3 is 0 Å². The highest BCUT2D eigenvalue weighted by atomic mass is 35.5. The number of hydrogen-bond acceptors (Lipinski definition) is 8. The van der Waals surface area contributed by atoms with Crippen LogP contribution in [-0.2, 0) is 19.9 Å². The molecule has 1 saturated heterocycles. The highest BCUT2D eigenvalue weighted by Gasteiger charge is 2.55. The molecule has 2 N–H and O–H groups in total. The fourth-order valence-electron chi connectivity index (χ4n) is 3.72. The van der Waals surface area contributed by atoms with Crippen LogP contribution in [0.5, 0.6) is 5.75 Å². The topological polar surface area (TPSA) is 145 Å².